The van der Waals surface area contributed by atoms with Crippen molar-refractivity contribution < 1.29 is 4.74 Å². The Morgan fingerprint density at radius 2 is 2.28 bits per heavy atom. The third-order valence-corrected chi connectivity index (χ3v) is 2.75. The predicted octanol–water partition coefficient (Wildman–Crippen LogP) is 1.99. The lowest BCUT2D eigenvalue weighted by atomic mass is 10.2. The Bertz CT molecular complexity index is 493. The summed E-state index contributed by atoms with van der Waals surface area (Å²) in [4.78, 5) is 4.15. The number of ether oxygens (including phenoxy) is 1. The number of nitrogens with one attached hydrogen (secondary N) is 1. The van der Waals surface area contributed by atoms with Crippen molar-refractivity contribution in [3.05, 3.63) is 48.0 Å². The first-order valence-corrected chi connectivity index (χ1v) is 6.12. The Hall–Kier alpha value is -1.81. The molecule has 0 saturated heterocycles. The fourth-order valence-corrected chi connectivity index (χ4v) is 1.84. The van der Waals surface area contributed by atoms with Crippen molar-refractivity contribution in [1.82, 2.24) is 14.9 Å². The third-order valence-electron chi connectivity index (χ3n) is 2.75. The second kappa shape index (κ2) is 6.21. The third kappa shape index (κ3) is 3.34. The predicted molar refractivity (Wildman–Crippen MR) is 71.7 cm³/mol. The molecule has 18 heavy (non-hydrogen) atoms. The number of aromatic nitrogens is 2. The molecule has 0 aliphatic heterocycles. The lowest BCUT2D eigenvalue weighted by Gasteiger charge is -2.10. The number of hydrogen-bond acceptors (Lipinski definition) is 3. The fraction of sp³-hybridized carbons (Fsp3) is 0.357. The highest BCUT2D eigenvalue weighted by molar-refractivity contribution is 5.27. The summed E-state index contributed by atoms with van der Waals surface area (Å²) in [5.74, 6) is 0.922. The molecule has 0 aliphatic rings. The maximum Gasteiger partial charge on any atom is 0.119 e. The molecule has 0 bridgehead atoms. The Kier molecular flexibility index (Phi) is 4.36. The van der Waals surface area contributed by atoms with Crippen molar-refractivity contribution in [3.63, 3.8) is 0 Å². The van der Waals surface area contributed by atoms with Crippen LogP contribution in [0.1, 0.15) is 11.3 Å². The molecule has 0 unspecified atom stereocenters. The van der Waals surface area contributed by atoms with Gasteiger partial charge in [0, 0.05) is 12.7 Å². The lowest BCUT2D eigenvalue weighted by Crippen LogP contribution is -2.14. The van der Waals surface area contributed by atoms with Gasteiger partial charge in [-0.3, -0.25) is 0 Å². The van der Waals surface area contributed by atoms with Crippen LogP contribution >= 0.6 is 0 Å². The van der Waals surface area contributed by atoms with Crippen molar-refractivity contribution in [2.24, 2.45) is 0 Å². The largest absolute Gasteiger partial charge is 0.492 e. The Labute approximate surface area is 108 Å². The molecule has 0 saturated carbocycles. The number of nitrogens with zero attached hydrogens (tertiary/aromatic N) is 2. The first-order valence-electron chi connectivity index (χ1n) is 6.12. The van der Waals surface area contributed by atoms with E-state index in [0.717, 1.165) is 18.8 Å². The molecule has 0 radical (unpaired) electrons. The zero-order valence-electron chi connectivity index (χ0n) is 10.9. The number of rotatable bonds is 6. The average molecular weight is 245 g/mol. The SMILES string of the molecule is CNCc1cncn1CCOc1cccc(C)c1. The highest BCUT2D eigenvalue weighted by atomic mass is 16.5. The fourth-order valence-electron chi connectivity index (χ4n) is 1.84. The van der Waals surface area contributed by atoms with Crippen molar-refractivity contribution >= 4 is 0 Å². The van der Waals surface area contributed by atoms with Gasteiger partial charge in [-0.05, 0) is 31.7 Å². The summed E-state index contributed by atoms with van der Waals surface area (Å²) in [5, 5.41) is 3.12. The number of hydrogen-bond donors (Lipinski definition) is 1. The van der Waals surface area contributed by atoms with Gasteiger partial charge in [-0.25, -0.2) is 4.98 Å². The van der Waals surface area contributed by atoms with Crippen LogP contribution in [-0.4, -0.2) is 23.2 Å². The highest BCUT2D eigenvalue weighted by Crippen LogP contribution is 2.12. The van der Waals surface area contributed by atoms with E-state index in [9.17, 15) is 0 Å². The van der Waals surface area contributed by atoms with Crippen molar-refractivity contribution in [3.8, 4) is 5.75 Å². The van der Waals surface area contributed by atoms with Crippen LogP contribution in [0.15, 0.2) is 36.8 Å². The van der Waals surface area contributed by atoms with E-state index in [1.165, 1.54) is 11.3 Å². The van der Waals surface area contributed by atoms with E-state index in [2.05, 4.69) is 27.9 Å². The van der Waals surface area contributed by atoms with Crippen LogP contribution in [0, 0.1) is 6.92 Å². The van der Waals surface area contributed by atoms with Crippen LogP contribution in [-0.2, 0) is 13.1 Å². The summed E-state index contributed by atoms with van der Waals surface area (Å²) >= 11 is 0. The van der Waals surface area contributed by atoms with E-state index < -0.39 is 0 Å². The van der Waals surface area contributed by atoms with Gasteiger partial charge < -0.3 is 14.6 Å². The molecule has 4 heteroatoms. The van der Waals surface area contributed by atoms with Gasteiger partial charge in [-0.1, -0.05) is 12.1 Å². The zero-order valence-corrected chi connectivity index (χ0v) is 10.9. The van der Waals surface area contributed by atoms with Gasteiger partial charge >= 0.3 is 0 Å². The molecular weight excluding hydrogens is 226 g/mol. The molecule has 1 aromatic heterocycles. The Morgan fingerprint density at radius 1 is 1.39 bits per heavy atom. The first-order chi connectivity index (χ1) is 8.79. The van der Waals surface area contributed by atoms with Crippen LogP contribution in [0.2, 0.25) is 0 Å². The van der Waals surface area contributed by atoms with Crippen molar-refractivity contribution in [2.75, 3.05) is 13.7 Å². The monoisotopic (exact) mass is 245 g/mol. The number of benzene rings is 1. The lowest BCUT2D eigenvalue weighted by molar-refractivity contribution is 0.296. The molecule has 96 valence electrons. The van der Waals surface area contributed by atoms with Gasteiger partial charge in [-0.2, -0.15) is 0 Å². The summed E-state index contributed by atoms with van der Waals surface area (Å²) in [6, 6.07) is 8.10. The summed E-state index contributed by atoms with van der Waals surface area (Å²) in [6.45, 7) is 4.35. The quantitative estimate of drug-likeness (QED) is 0.846. The molecule has 4 nitrogen and oxygen atoms in total. The molecule has 0 fully saturated rings. The van der Waals surface area contributed by atoms with E-state index in [4.69, 9.17) is 4.74 Å². The summed E-state index contributed by atoms with van der Waals surface area (Å²) in [6.07, 6.45) is 3.72. The second-order valence-electron chi connectivity index (χ2n) is 4.27. The Balaban J connectivity index is 1.86. The molecule has 2 aromatic rings. The molecular formula is C14H19N3O. The molecule has 0 aliphatic carbocycles. The number of aryl methyl sites for hydroxylation is 1. The van der Waals surface area contributed by atoms with Gasteiger partial charge in [0.15, 0.2) is 0 Å². The van der Waals surface area contributed by atoms with Gasteiger partial charge in [-0.15, -0.1) is 0 Å². The van der Waals surface area contributed by atoms with E-state index in [1.54, 1.807) is 0 Å². The van der Waals surface area contributed by atoms with Crippen LogP contribution < -0.4 is 10.1 Å². The van der Waals surface area contributed by atoms with Crippen LogP contribution in [0.5, 0.6) is 5.75 Å². The van der Waals surface area contributed by atoms with Gasteiger partial charge in [0.2, 0.25) is 0 Å². The minimum Gasteiger partial charge on any atom is -0.492 e. The van der Waals surface area contributed by atoms with Crippen LogP contribution in [0.25, 0.3) is 0 Å². The molecule has 1 aromatic carbocycles. The molecule has 0 spiro atoms. The minimum atomic E-state index is 0.649. The summed E-state index contributed by atoms with van der Waals surface area (Å²) in [5.41, 5.74) is 2.39. The number of imidazole rings is 1. The first kappa shape index (κ1) is 12.6. The summed E-state index contributed by atoms with van der Waals surface area (Å²) in [7, 11) is 1.93. The normalized spacial score (nSPS) is 10.6. The molecule has 0 atom stereocenters. The minimum absolute atomic E-state index is 0.649. The molecule has 1 heterocycles. The average Bonchev–Trinajstić information content (AvgIpc) is 2.78. The van der Waals surface area contributed by atoms with E-state index in [0.29, 0.717) is 6.61 Å². The molecule has 0 amide bonds. The zero-order chi connectivity index (χ0) is 12.8. The van der Waals surface area contributed by atoms with Gasteiger partial charge in [0.25, 0.3) is 0 Å². The highest BCUT2D eigenvalue weighted by Gasteiger charge is 2.01. The maximum absolute atomic E-state index is 5.72. The van der Waals surface area contributed by atoms with E-state index in [-0.39, 0.29) is 0 Å². The summed E-state index contributed by atoms with van der Waals surface area (Å²) < 4.78 is 7.83. The molecule has 1 N–H and O–H groups in total. The topological polar surface area (TPSA) is 39.1 Å². The standard InChI is InChI=1S/C14H19N3O/c1-12-4-3-5-14(8-12)18-7-6-17-11-16-10-13(17)9-15-2/h3-5,8,10-11,15H,6-7,9H2,1-2H3. The van der Waals surface area contributed by atoms with E-state index in [1.807, 2.05) is 37.8 Å². The second-order valence-corrected chi connectivity index (χ2v) is 4.27. The van der Waals surface area contributed by atoms with Crippen molar-refractivity contribution in [2.45, 2.75) is 20.0 Å². The smallest absolute Gasteiger partial charge is 0.119 e. The maximum atomic E-state index is 5.72. The van der Waals surface area contributed by atoms with Crippen LogP contribution in [0.3, 0.4) is 0 Å². The van der Waals surface area contributed by atoms with Crippen molar-refractivity contribution in [1.29, 1.82) is 0 Å². The molecule has 2 rings (SSSR count). The van der Waals surface area contributed by atoms with E-state index >= 15 is 0 Å². The van der Waals surface area contributed by atoms with Gasteiger partial charge in [0.1, 0.15) is 12.4 Å². The Morgan fingerprint density at radius 3 is 3.06 bits per heavy atom. The van der Waals surface area contributed by atoms with Crippen LogP contribution in [0.4, 0.5) is 0 Å². The van der Waals surface area contributed by atoms with Gasteiger partial charge in [0.05, 0.1) is 18.6 Å².